The fourth-order valence-corrected chi connectivity index (χ4v) is 3.64. The normalized spacial score (nSPS) is 17.9. The highest BCUT2D eigenvalue weighted by Gasteiger charge is 2.26. The van der Waals surface area contributed by atoms with Gasteiger partial charge in [0.2, 0.25) is 5.91 Å². The van der Waals surface area contributed by atoms with Crippen LogP contribution < -0.4 is 26.0 Å². The summed E-state index contributed by atoms with van der Waals surface area (Å²) in [6.45, 7) is 4.37. The first-order valence-corrected chi connectivity index (χ1v) is 11.4. The number of carbonyl (C=O) groups excluding carboxylic acids is 3. The maximum atomic E-state index is 12.4. The zero-order chi connectivity index (χ0) is 23.4. The lowest BCUT2D eigenvalue weighted by molar-refractivity contribution is -0.123. The molecule has 8 nitrogen and oxygen atoms in total. The van der Waals surface area contributed by atoms with Crippen molar-refractivity contribution < 1.29 is 19.1 Å². The maximum absolute atomic E-state index is 12.4. The molecule has 4 N–H and O–H groups in total. The summed E-state index contributed by atoms with van der Waals surface area (Å²) in [5.74, 6) is 0.305. The second-order valence-corrected chi connectivity index (χ2v) is 8.59. The monoisotopic (exact) mass is 450 g/mol. The number of ether oxygens (including phenoxy) is 1. The third-order valence-corrected chi connectivity index (χ3v) is 5.86. The predicted molar refractivity (Wildman–Crippen MR) is 125 cm³/mol. The SMILES string of the molecule is CCC1Oc2cc(C(C)NCC(=O)NCc3cccc(C(=O)NC4CC4)c3)ccc2NC1=O. The van der Waals surface area contributed by atoms with Gasteiger partial charge in [0, 0.05) is 24.2 Å². The number of carbonyl (C=O) groups is 3. The van der Waals surface area contributed by atoms with Gasteiger partial charge in [-0.05, 0) is 61.6 Å². The standard InChI is InChI=1S/C25H30N4O4/c1-3-21-25(32)29-20-10-7-17(12-22(20)33-21)15(2)26-14-23(30)27-13-16-5-4-6-18(11-16)24(31)28-19-8-9-19/h4-7,10-12,15,19,21,26H,3,8-9,13-14H2,1-2H3,(H,27,30)(H,28,31)(H,29,32). The van der Waals surface area contributed by atoms with Crippen LogP contribution in [0.2, 0.25) is 0 Å². The highest BCUT2D eigenvalue weighted by molar-refractivity contribution is 5.97. The summed E-state index contributed by atoms with van der Waals surface area (Å²) in [6, 6.07) is 13.1. The molecule has 1 aliphatic heterocycles. The molecule has 2 atom stereocenters. The van der Waals surface area contributed by atoms with E-state index >= 15 is 0 Å². The molecule has 0 radical (unpaired) electrons. The molecule has 0 aromatic heterocycles. The molecule has 8 heteroatoms. The number of amides is 3. The lowest BCUT2D eigenvalue weighted by Gasteiger charge is -2.26. The van der Waals surface area contributed by atoms with E-state index in [-0.39, 0.29) is 30.3 Å². The molecule has 3 amide bonds. The molecular formula is C25H30N4O4. The Morgan fingerprint density at radius 3 is 2.76 bits per heavy atom. The molecule has 2 aromatic rings. The van der Waals surface area contributed by atoms with Crippen molar-refractivity contribution in [3.8, 4) is 5.75 Å². The van der Waals surface area contributed by atoms with Crippen molar-refractivity contribution in [2.45, 2.75) is 57.8 Å². The largest absolute Gasteiger partial charge is 0.478 e. The van der Waals surface area contributed by atoms with Crippen molar-refractivity contribution >= 4 is 23.4 Å². The van der Waals surface area contributed by atoms with Gasteiger partial charge in [-0.3, -0.25) is 14.4 Å². The van der Waals surface area contributed by atoms with Gasteiger partial charge >= 0.3 is 0 Å². The molecule has 174 valence electrons. The summed E-state index contributed by atoms with van der Waals surface area (Å²) in [4.78, 5) is 36.5. The average molecular weight is 451 g/mol. The van der Waals surface area contributed by atoms with E-state index in [0.29, 0.717) is 36.0 Å². The Bertz CT molecular complexity index is 1050. The summed E-state index contributed by atoms with van der Waals surface area (Å²) >= 11 is 0. The van der Waals surface area contributed by atoms with E-state index in [9.17, 15) is 14.4 Å². The summed E-state index contributed by atoms with van der Waals surface area (Å²) in [6.07, 6.45) is 2.19. The highest BCUT2D eigenvalue weighted by Crippen LogP contribution is 2.32. The molecule has 2 aromatic carbocycles. The van der Waals surface area contributed by atoms with Crippen LogP contribution in [0.1, 0.15) is 60.6 Å². The van der Waals surface area contributed by atoms with Gasteiger partial charge in [0.15, 0.2) is 6.10 Å². The molecule has 33 heavy (non-hydrogen) atoms. The summed E-state index contributed by atoms with van der Waals surface area (Å²) in [5, 5.41) is 11.9. The molecule has 2 aliphatic rings. The third kappa shape index (κ3) is 5.90. The molecule has 1 heterocycles. The Labute approximate surface area is 193 Å². The van der Waals surface area contributed by atoms with Crippen LogP contribution in [0.4, 0.5) is 5.69 Å². The van der Waals surface area contributed by atoms with Crippen LogP contribution in [-0.2, 0) is 16.1 Å². The minimum atomic E-state index is -0.486. The van der Waals surface area contributed by atoms with E-state index in [1.807, 2.05) is 50.2 Å². The van der Waals surface area contributed by atoms with Crippen LogP contribution in [0.5, 0.6) is 5.75 Å². The first kappa shape index (κ1) is 22.8. The Kier molecular flexibility index (Phi) is 6.93. The summed E-state index contributed by atoms with van der Waals surface area (Å²) in [7, 11) is 0. The topological polar surface area (TPSA) is 109 Å². The van der Waals surface area contributed by atoms with Gasteiger partial charge in [-0.1, -0.05) is 25.1 Å². The van der Waals surface area contributed by atoms with Crippen LogP contribution in [0, 0.1) is 0 Å². The molecule has 0 spiro atoms. The van der Waals surface area contributed by atoms with Crippen LogP contribution in [0.3, 0.4) is 0 Å². The first-order chi connectivity index (χ1) is 15.9. The third-order valence-electron chi connectivity index (χ3n) is 5.86. The van der Waals surface area contributed by atoms with E-state index in [4.69, 9.17) is 4.74 Å². The molecular weight excluding hydrogens is 420 g/mol. The van der Waals surface area contributed by atoms with Gasteiger partial charge < -0.3 is 26.0 Å². The van der Waals surface area contributed by atoms with E-state index < -0.39 is 6.10 Å². The Balaban J connectivity index is 1.26. The van der Waals surface area contributed by atoms with Gasteiger partial charge in [-0.15, -0.1) is 0 Å². The van der Waals surface area contributed by atoms with Gasteiger partial charge in [0.05, 0.1) is 12.2 Å². The summed E-state index contributed by atoms with van der Waals surface area (Å²) in [5.41, 5.74) is 3.10. The predicted octanol–water partition coefficient (Wildman–Crippen LogP) is 2.66. The lowest BCUT2D eigenvalue weighted by atomic mass is 10.1. The van der Waals surface area contributed by atoms with Crippen LogP contribution in [0.25, 0.3) is 0 Å². The number of anilines is 1. The smallest absolute Gasteiger partial charge is 0.265 e. The van der Waals surface area contributed by atoms with Crippen LogP contribution in [0.15, 0.2) is 42.5 Å². The minimum Gasteiger partial charge on any atom is -0.478 e. The quantitative estimate of drug-likeness (QED) is 0.470. The Hall–Kier alpha value is -3.39. The summed E-state index contributed by atoms with van der Waals surface area (Å²) < 4.78 is 5.80. The second kappa shape index (κ2) is 10.0. The van der Waals surface area contributed by atoms with E-state index in [1.54, 1.807) is 6.07 Å². The zero-order valence-electron chi connectivity index (χ0n) is 18.9. The molecule has 1 fully saturated rings. The molecule has 1 aliphatic carbocycles. The molecule has 2 unspecified atom stereocenters. The van der Waals surface area contributed by atoms with Crippen molar-refractivity contribution in [1.29, 1.82) is 0 Å². The minimum absolute atomic E-state index is 0.0694. The number of hydrogen-bond acceptors (Lipinski definition) is 5. The number of nitrogens with one attached hydrogen (secondary N) is 4. The molecule has 4 rings (SSSR count). The van der Waals surface area contributed by atoms with E-state index in [1.165, 1.54) is 0 Å². The Morgan fingerprint density at radius 1 is 1.18 bits per heavy atom. The van der Waals surface area contributed by atoms with Crippen molar-refractivity contribution in [2.75, 3.05) is 11.9 Å². The fraction of sp³-hybridized carbons (Fsp3) is 0.400. The number of rotatable bonds is 9. The van der Waals surface area contributed by atoms with Crippen molar-refractivity contribution in [2.24, 2.45) is 0 Å². The second-order valence-electron chi connectivity index (χ2n) is 8.59. The fourth-order valence-electron chi connectivity index (χ4n) is 3.64. The average Bonchev–Trinajstić information content (AvgIpc) is 3.64. The van der Waals surface area contributed by atoms with Gasteiger partial charge in [0.1, 0.15) is 5.75 Å². The first-order valence-electron chi connectivity index (χ1n) is 11.4. The van der Waals surface area contributed by atoms with Crippen molar-refractivity contribution in [1.82, 2.24) is 16.0 Å². The van der Waals surface area contributed by atoms with E-state index in [2.05, 4.69) is 21.3 Å². The Morgan fingerprint density at radius 2 is 2.00 bits per heavy atom. The lowest BCUT2D eigenvalue weighted by Crippen LogP contribution is -2.36. The van der Waals surface area contributed by atoms with Crippen LogP contribution >= 0.6 is 0 Å². The molecule has 0 saturated heterocycles. The zero-order valence-corrected chi connectivity index (χ0v) is 18.9. The number of benzene rings is 2. The highest BCUT2D eigenvalue weighted by atomic mass is 16.5. The van der Waals surface area contributed by atoms with Gasteiger partial charge in [0.25, 0.3) is 11.8 Å². The number of hydrogen-bond donors (Lipinski definition) is 4. The maximum Gasteiger partial charge on any atom is 0.265 e. The number of fused-ring (bicyclic) bond motifs is 1. The van der Waals surface area contributed by atoms with Gasteiger partial charge in [-0.25, -0.2) is 0 Å². The van der Waals surface area contributed by atoms with Crippen molar-refractivity contribution in [3.05, 3.63) is 59.2 Å². The van der Waals surface area contributed by atoms with Crippen molar-refractivity contribution in [3.63, 3.8) is 0 Å². The van der Waals surface area contributed by atoms with Gasteiger partial charge in [-0.2, -0.15) is 0 Å². The van der Waals surface area contributed by atoms with E-state index in [0.717, 1.165) is 24.0 Å². The molecule has 1 saturated carbocycles. The molecule has 0 bridgehead atoms. The van der Waals surface area contributed by atoms with Crippen LogP contribution in [-0.4, -0.2) is 36.4 Å².